The van der Waals surface area contributed by atoms with Gasteiger partial charge in [-0.15, -0.1) is 5.10 Å². The third-order valence-electron chi connectivity index (χ3n) is 4.83. The fourth-order valence-corrected chi connectivity index (χ4v) is 3.52. The molecule has 4 rings (SSSR count). The van der Waals surface area contributed by atoms with Crippen LogP contribution in [0.25, 0.3) is 5.65 Å². The van der Waals surface area contributed by atoms with Crippen LogP contribution in [0.5, 0.6) is 0 Å². The lowest BCUT2D eigenvalue weighted by Crippen LogP contribution is -2.48. The van der Waals surface area contributed by atoms with Gasteiger partial charge in [0.1, 0.15) is 5.82 Å². The number of aromatic nitrogens is 3. The zero-order chi connectivity index (χ0) is 14.8. The highest BCUT2D eigenvalue weighted by atomic mass is 15.3. The zero-order valence-corrected chi connectivity index (χ0v) is 12.9. The fourth-order valence-electron chi connectivity index (χ4n) is 3.52. The predicted molar refractivity (Wildman–Crippen MR) is 88.1 cm³/mol. The Morgan fingerprint density at radius 3 is 2.82 bits per heavy atom. The van der Waals surface area contributed by atoms with Crippen LogP contribution in [0.3, 0.4) is 0 Å². The second-order valence-corrected chi connectivity index (χ2v) is 6.36. The van der Waals surface area contributed by atoms with Gasteiger partial charge in [-0.1, -0.05) is 12.2 Å². The van der Waals surface area contributed by atoms with Crippen molar-refractivity contribution in [1.29, 1.82) is 0 Å². The molecule has 0 bridgehead atoms. The number of fused-ring (bicyclic) bond motifs is 1. The summed E-state index contributed by atoms with van der Waals surface area (Å²) in [6.45, 7) is 5.67. The van der Waals surface area contributed by atoms with Crippen molar-refractivity contribution in [3.05, 3.63) is 36.7 Å². The van der Waals surface area contributed by atoms with Gasteiger partial charge in [0.2, 0.25) is 0 Å². The standard InChI is InChI=1S/C17H23N5/c1-2-4-15(5-3-1)14-20-10-12-21(13-11-20)17-7-6-16-18-8-9-22(16)19-17/h1-2,6-9,15H,3-5,10-14H2. The van der Waals surface area contributed by atoms with E-state index in [0.717, 1.165) is 43.6 Å². The molecule has 1 fully saturated rings. The first-order chi connectivity index (χ1) is 10.9. The molecule has 2 aromatic rings. The Balaban J connectivity index is 1.35. The minimum Gasteiger partial charge on any atom is -0.353 e. The second kappa shape index (κ2) is 6.08. The number of allylic oxidation sites excluding steroid dienone is 2. The molecule has 1 aliphatic carbocycles. The maximum atomic E-state index is 4.65. The number of piperazine rings is 1. The summed E-state index contributed by atoms with van der Waals surface area (Å²) in [6, 6.07) is 4.13. The number of rotatable bonds is 3. The summed E-state index contributed by atoms with van der Waals surface area (Å²) < 4.78 is 1.86. The molecule has 3 heterocycles. The van der Waals surface area contributed by atoms with Crippen molar-refractivity contribution < 1.29 is 0 Å². The van der Waals surface area contributed by atoms with Crippen LogP contribution in [0.15, 0.2) is 36.7 Å². The summed E-state index contributed by atoms with van der Waals surface area (Å²) in [6.07, 6.45) is 12.3. The first-order valence-electron chi connectivity index (χ1n) is 8.31. The molecule has 1 atom stereocenters. The highest BCUT2D eigenvalue weighted by Crippen LogP contribution is 2.21. The van der Waals surface area contributed by atoms with Gasteiger partial charge in [-0.2, -0.15) is 0 Å². The summed E-state index contributed by atoms with van der Waals surface area (Å²) in [4.78, 5) is 9.26. The van der Waals surface area contributed by atoms with Crippen molar-refractivity contribution in [3.63, 3.8) is 0 Å². The molecule has 5 nitrogen and oxygen atoms in total. The molecule has 0 radical (unpaired) electrons. The number of nitrogens with zero attached hydrogens (tertiary/aromatic N) is 5. The molecule has 0 amide bonds. The molecular weight excluding hydrogens is 274 g/mol. The molecule has 116 valence electrons. The third kappa shape index (κ3) is 2.86. The highest BCUT2D eigenvalue weighted by Gasteiger charge is 2.21. The summed E-state index contributed by atoms with van der Waals surface area (Å²) in [5, 5.41) is 4.65. The second-order valence-electron chi connectivity index (χ2n) is 6.36. The van der Waals surface area contributed by atoms with Crippen LogP contribution < -0.4 is 4.90 Å². The van der Waals surface area contributed by atoms with Crippen LogP contribution in [0.1, 0.15) is 19.3 Å². The predicted octanol–water partition coefficient (Wildman–Crippen LogP) is 2.21. The van der Waals surface area contributed by atoms with Crippen molar-refractivity contribution in [2.24, 2.45) is 5.92 Å². The highest BCUT2D eigenvalue weighted by molar-refractivity contribution is 5.46. The van der Waals surface area contributed by atoms with E-state index in [4.69, 9.17) is 0 Å². The van der Waals surface area contributed by atoms with Crippen LogP contribution in [-0.2, 0) is 0 Å². The van der Waals surface area contributed by atoms with Gasteiger partial charge < -0.3 is 4.90 Å². The maximum absolute atomic E-state index is 4.65. The van der Waals surface area contributed by atoms with Crippen molar-refractivity contribution in [3.8, 4) is 0 Å². The Hall–Kier alpha value is -1.88. The Morgan fingerprint density at radius 1 is 1.09 bits per heavy atom. The Labute approximate surface area is 131 Å². The minimum atomic E-state index is 0.858. The van der Waals surface area contributed by atoms with E-state index in [1.807, 2.05) is 16.8 Å². The van der Waals surface area contributed by atoms with Gasteiger partial charge in [-0.3, -0.25) is 4.90 Å². The smallest absolute Gasteiger partial charge is 0.153 e. The molecule has 0 spiro atoms. The monoisotopic (exact) mass is 297 g/mol. The normalized spacial score (nSPS) is 23.3. The van der Waals surface area contributed by atoms with Crippen molar-refractivity contribution in [2.75, 3.05) is 37.6 Å². The van der Waals surface area contributed by atoms with E-state index in [9.17, 15) is 0 Å². The van der Waals surface area contributed by atoms with Gasteiger partial charge in [0.15, 0.2) is 5.65 Å². The Bertz CT molecular complexity index is 654. The van der Waals surface area contributed by atoms with Crippen molar-refractivity contribution in [1.82, 2.24) is 19.5 Å². The number of hydrogen-bond acceptors (Lipinski definition) is 4. The van der Waals surface area contributed by atoms with Crippen LogP contribution in [0, 0.1) is 5.92 Å². The molecule has 0 N–H and O–H groups in total. The van der Waals surface area contributed by atoms with Gasteiger partial charge >= 0.3 is 0 Å². The van der Waals surface area contributed by atoms with E-state index in [1.54, 1.807) is 6.20 Å². The van der Waals surface area contributed by atoms with Crippen molar-refractivity contribution in [2.45, 2.75) is 19.3 Å². The topological polar surface area (TPSA) is 36.7 Å². The average molecular weight is 297 g/mol. The lowest BCUT2D eigenvalue weighted by Gasteiger charge is -2.37. The molecule has 2 aliphatic rings. The SMILES string of the molecule is C1=CCC(CN2CCN(c3ccc4nccn4n3)CC2)CC1. The van der Waals surface area contributed by atoms with Gasteiger partial charge in [-0.25, -0.2) is 9.50 Å². The van der Waals surface area contributed by atoms with E-state index >= 15 is 0 Å². The number of anilines is 1. The molecule has 1 saturated heterocycles. The quantitative estimate of drug-likeness (QED) is 0.814. The summed E-state index contributed by atoms with van der Waals surface area (Å²) in [7, 11) is 0. The zero-order valence-electron chi connectivity index (χ0n) is 12.9. The fraction of sp³-hybridized carbons (Fsp3) is 0.529. The van der Waals surface area contributed by atoms with E-state index < -0.39 is 0 Å². The lowest BCUT2D eigenvalue weighted by molar-refractivity contribution is 0.211. The van der Waals surface area contributed by atoms with Gasteiger partial charge in [0.05, 0.1) is 0 Å². The summed E-state index contributed by atoms with van der Waals surface area (Å²) >= 11 is 0. The maximum Gasteiger partial charge on any atom is 0.153 e. The van der Waals surface area contributed by atoms with Gasteiger partial charge in [-0.05, 0) is 37.3 Å². The largest absolute Gasteiger partial charge is 0.353 e. The lowest BCUT2D eigenvalue weighted by atomic mass is 9.94. The summed E-state index contributed by atoms with van der Waals surface area (Å²) in [5.74, 6) is 1.92. The van der Waals surface area contributed by atoms with E-state index in [0.29, 0.717) is 0 Å². The average Bonchev–Trinajstić information content (AvgIpc) is 3.04. The minimum absolute atomic E-state index is 0.858. The van der Waals surface area contributed by atoms with Gasteiger partial charge in [0.25, 0.3) is 0 Å². The van der Waals surface area contributed by atoms with E-state index in [1.165, 1.54) is 25.8 Å². The molecule has 5 heteroatoms. The number of hydrogen-bond donors (Lipinski definition) is 0. The summed E-state index contributed by atoms with van der Waals surface area (Å²) in [5.41, 5.74) is 0.910. The van der Waals surface area contributed by atoms with Crippen LogP contribution in [0.2, 0.25) is 0 Å². The van der Waals surface area contributed by atoms with Crippen LogP contribution in [-0.4, -0.2) is 52.2 Å². The van der Waals surface area contributed by atoms with Crippen molar-refractivity contribution >= 4 is 11.5 Å². The Kier molecular flexibility index (Phi) is 3.81. The van der Waals surface area contributed by atoms with E-state index in [2.05, 4.69) is 38.1 Å². The molecule has 1 unspecified atom stereocenters. The molecule has 2 aromatic heterocycles. The van der Waals surface area contributed by atoms with Gasteiger partial charge in [0, 0.05) is 45.1 Å². The molecular formula is C17H23N5. The van der Waals surface area contributed by atoms with Crippen LogP contribution in [0.4, 0.5) is 5.82 Å². The Morgan fingerprint density at radius 2 is 2.00 bits per heavy atom. The van der Waals surface area contributed by atoms with E-state index in [-0.39, 0.29) is 0 Å². The van der Waals surface area contributed by atoms with Crippen LogP contribution >= 0.6 is 0 Å². The third-order valence-corrected chi connectivity index (χ3v) is 4.83. The molecule has 0 saturated carbocycles. The number of imidazole rings is 1. The first-order valence-corrected chi connectivity index (χ1v) is 8.31. The molecule has 22 heavy (non-hydrogen) atoms. The molecule has 0 aromatic carbocycles. The first kappa shape index (κ1) is 13.8. The molecule has 1 aliphatic heterocycles.